The number of benzene rings is 1. The Morgan fingerprint density at radius 3 is 2.93 bits per heavy atom. The van der Waals surface area contributed by atoms with E-state index in [1.807, 2.05) is 19.1 Å². The summed E-state index contributed by atoms with van der Waals surface area (Å²) in [4.78, 5) is 15.4. The molecule has 0 aliphatic carbocycles. The fourth-order valence-electron chi connectivity index (χ4n) is 1.44. The lowest BCUT2D eigenvalue weighted by Crippen LogP contribution is -2.20. The van der Waals surface area contributed by atoms with Crippen LogP contribution >= 0.6 is 0 Å². The van der Waals surface area contributed by atoms with Crippen molar-refractivity contribution in [1.82, 2.24) is 9.55 Å². The Bertz CT molecular complexity index is 504. The molecule has 1 amide bonds. The van der Waals surface area contributed by atoms with E-state index in [1.165, 1.54) is 4.57 Å². The molecule has 1 aromatic carbocycles. The Morgan fingerprint density at radius 1 is 1.53 bits per heavy atom. The summed E-state index contributed by atoms with van der Waals surface area (Å²) in [7, 11) is 0. The summed E-state index contributed by atoms with van der Waals surface area (Å²) < 4.78 is 6.50. The molecular weight excluding hydrogens is 194 g/mol. The number of primary amides is 1. The molecule has 2 aromatic rings. The molecule has 0 atom stereocenters. The molecule has 78 valence electrons. The number of aromatic nitrogens is 2. The molecule has 0 fully saturated rings. The van der Waals surface area contributed by atoms with E-state index in [1.54, 1.807) is 12.1 Å². The van der Waals surface area contributed by atoms with Gasteiger partial charge in [-0.25, -0.2) is 9.36 Å². The molecule has 0 bridgehead atoms. The van der Waals surface area contributed by atoms with Gasteiger partial charge in [-0.1, -0.05) is 12.1 Å². The van der Waals surface area contributed by atoms with Gasteiger partial charge in [0, 0.05) is 0 Å². The number of hydrogen-bond donors (Lipinski definition) is 1. The van der Waals surface area contributed by atoms with Crippen molar-refractivity contribution in [2.24, 2.45) is 5.73 Å². The van der Waals surface area contributed by atoms with Gasteiger partial charge in [-0.2, -0.15) is 4.98 Å². The molecule has 0 saturated heterocycles. The van der Waals surface area contributed by atoms with Crippen LogP contribution in [0.15, 0.2) is 24.3 Å². The third-order valence-corrected chi connectivity index (χ3v) is 2.02. The summed E-state index contributed by atoms with van der Waals surface area (Å²) >= 11 is 0. The van der Waals surface area contributed by atoms with Crippen LogP contribution in [0.1, 0.15) is 6.92 Å². The number of hydrogen-bond acceptors (Lipinski definition) is 3. The fraction of sp³-hybridized carbons (Fsp3) is 0.200. The van der Waals surface area contributed by atoms with Crippen molar-refractivity contribution in [1.29, 1.82) is 0 Å². The average Bonchev–Trinajstić information content (AvgIpc) is 2.56. The zero-order chi connectivity index (χ0) is 10.8. The third kappa shape index (κ3) is 1.52. The second kappa shape index (κ2) is 3.61. The van der Waals surface area contributed by atoms with E-state index < -0.39 is 6.03 Å². The van der Waals surface area contributed by atoms with Crippen molar-refractivity contribution < 1.29 is 9.53 Å². The first-order valence-electron chi connectivity index (χ1n) is 4.64. The van der Waals surface area contributed by atoms with E-state index >= 15 is 0 Å². The molecule has 5 heteroatoms. The van der Waals surface area contributed by atoms with Crippen LogP contribution in [0.4, 0.5) is 4.79 Å². The number of imidazole rings is 1. The molecular formula is C10H11N3O2. The molecule has 0 spiro atoms. The first-order chi connectivity index (χ1) is 7.24. The minimum Gasteiger partial charge on any atom is -0.465 e. The second-order valence-electron chi connectivity index (χ2n) is 2.99. The normalized spacial score (nSPS) is 10.5. The van der Waals surface area contributed by atoms with Crippen molar-refractivity contribution in [2.45, 2.75) is 6.92 Å². The van der Waals surface area contributed by atoms with E-state index in [0.29, 0.717) is 17.6 Å². The van der Waals surface area contributed by atoms with Gasteiger partial charge in [0.2, 0.25) is 0 Å². The predicted molar refractivity (Wildman–Crippen MR) is 55.9 cm³/mol. The highest BCUT2D eigenvalue weighted by atomic mass is 16.5. The van der Waals surface area contributed by atoms with Gasteiger partial charge in [-0.05, 0) is 19.1 Å². The highest BCUT2D eigenvalue weighted by Crippen LogP contribution is 2.20. The number of carbonyl (C=O) groups is 1. The second-order valence-corrected chi connectivity index (χ2v) is 2.99. The molecule has 1 aromatic heterocycles. The number of rotatable bonds is 2. The van der Waals surface area contributed by atoms with Gasteiger partial charge in [0.1, 0.15) is 0 Å². The highest BCUT2D eigenvalue weighted by molar-refractivity contribution is 5.90. The molecule has 1 heterocycles. The summed E-state index contributed by atoms with van der Waals surface area (Å²) in [5, 5.41) is 0. The summed E-state index contributed by atoms with van der Waals surface area (Å²) in [6.45, 7) is 2.27. The number of carbonyl (C=O) groups excluding carboxylic acids is 1. The Labute approximate surface area is 86.5 Å². The third-order valence-electron chi connectivity index (χ3n) is 2.02. The molecule has 5 nitrogen and oxygen atoms in total. The molecule has 0 radical (unpaired) electrons. The maximum Gasteiger partial charge on any atom is 0.327 e. The predicted octanol–water partition coefficient (Wildman–Crippen LogP) is 1.36. The first-order valence-corrected chi connectivity index (χ1v) is 4.64. The lowest BCUT2D eigenvalue weighted by Gasteiger charge is -2.03. The van der Waals surface area contributed by atoms with Gasteiger partial charge in [0.15, 0.2) is 0 Å². The number of fused-ring (bicyclic) bond motifs is 1. The molecule has 0 unspecified atom stereocenters. The van der Waals surface area contributed by atoms with Crippen LogP contribution in [0, 0.1) is 0 Å². The summed E-state index contributed by atoms with van der Waals surface area (Å²) in [6.07, 6.45) is 0. The van der Waals surface area contributed by atoms with E-state index in [0.717, 1.165) is 0 Å². The molecule has 0 aliphatic rings. The first kappa shape index (κ1) is 9.51. The van der Waals surface area contributed by atoms with Crippen LogP contribution in [-0.4, -0.2) is 22.2 Å². The summed E-state index contributed by atoms with van der Waals surface area (Å²) in [5.74, 6) is 0. The number of nitrogens with zero attached hydrogens (tertiary/aromatic N) is 2. The van der Waals surface area contributed by atoms with Gasteiger partial charge in [-0.3, -0.25) is 0 Å². The molecule has 2 rings (SSSR count). The molecule has 0 saturated carbocycles. The van der Waals surface area contributed by atoms with E-state index in [2.05, 4.69) is 4.98 Å². The lowest BCUT2D eigenvalue weighted by molar-refractivity contribution is 0.243. The molecule has 2 N–H and O–H groups in total. The zero-order valence-corrected chi connectivity index (χ0v) is 8.30. The quantitative estimate of drug-likeness (QED) is 0.804. The van der Waals surface area contributed by atoms with Gasteiger partial charge in [0.05, 0.1) is 17.6 Å². The number of ether oxygens (including phenoxy) is 1. The van der Waals surface area contributed by atoms with E-state index in [4.69, 9.17) is 10.5 Å². The summed E-state index contributed by atoms with van der Waals surface area (Å²) in [6, 6.07) is 6.89. The van der Waals surface area contributed by atoms with Crippen LogP contribution in [0.25, 0.3) is 11.0 Å². The van der Waals surface area contributed by atoms with Crippen molar-refractivity contribution in [3.8, 4) is 6.01 Å². The van der Waals surface area contributed by atoms with Crippen molar-refractivity contribution in [3.05, 3.63) is 24.3 Å². The number of para-hydroxylation sites is 2. The smallest absolute Gasteiger partial charge is 0.327 e. The zero-order valence-electron chi connectivity index (χ0n) is 8.30. The number of nitrogens with two attached hydrogens (primary N) is 1. The Balaban J connectivity index is 2.69. The lowest BCUT2D eigenvalue weighted by atomic mass is 10.3. The maximum atomic E-state index is 11.2. The Hall–Kier alpha value is -2.04. The standard InChI is InChI=1S/C10H11N3O2/c1-2-15-10-12-7-5-3-4-6-8(7)13(10)9(11)14/h3-6H,2H2,1H3,(H2,11,14). The average molecular weight is 205 g/mol. The van der Waals surface area contributed by atoms with E-state index in [9.17, 15) is 4.79 Å². The van der Waals surface area contributed by atoms with Crippen LogP contribution in [0.3, 0.4) is 0 Å². The van der Waals surface area contributed by atoms with Crippen LogP contribution < -0.4 is 10.5 Å². The monoisotopic (exact) mass is 205 g/mol. The van der Waals surface area contributed by atoms with Crippen LogP contribution in [-0.2, 0) is 0 Å². The minimum absolute atomic E-state index is 0.242. The summed E-state index contributed by atoms with van der Waals surface area (Å²) in [5.41, 5.74) is 6.61. The van der Waals surface area contributed by atoms with Crippen molar-refractivity contribution in [2.75, 3.05) is 6.61 Å². The van der Waals surface area contributed by atoms with Crippen LogP contribution in [0.2, 0.25) is 0 Å². The topological polar surface area (TPSA) is 70.1 Å². The largest absolute Gasteiger partial charge is 0.465 e. The Kier molecular flexibility index (Phi) is 2.29. The highest BCUT2D eigenvalue weighted by Gasteiger charge is 2.14. The fourth-order valence-corrected chi connectivity index (χ4v) is 1.44. The van der Waals surface area contributed by atoms with Gasteiger partial charge in [-0.15, -0.1) is 0 Å². The molecule has 0 aliphatic heterocycles. The van der Waals surface area contributed by atoms with Crippen LogP contribution in [0.5, 0.6) is 6.01 Å². The van der Waals surface area contributed by atoms with Crippen molar-refractivity contribution in [3.63, 3.8) is 0 Å². The van der Waals surface area contributed by atoms with Gasteiger partial charge < -0.3 is 10.5 Å². The van der Waals surface area contributed by atoms with Gasteiger partial charge in [0.25, 0.3) is 0 Å². The molecule has 15 heavy (non-hydrogen) atoms. The maximum absolute atomic E-state index is 11.2. The number of amides is 1. The van der Waals surface area contributed by atoms with E-state index in [-0.39, 0.29) is 6.01 Å². The SMILES string of the molecule is CCOc1nc2ccccc2n1C(N)=O. The van der Waals surface area contributed by atoms with Gasteiger partial charge >= 0.3 is 12.0 Å². The Morgan fingerprint density at radius 2 is 2.27 bits per heavy atom. The minimum atomic E-state index is -0.591. The van der Waals surface area contributed by atoms with Crippen molar-refractivity contribution >= 4 is 17.1 Å².